The van der Waals surface area contributed by atoms with E-state index in [9.17, 15) is 4.79 Å². The molecule has 0 aliphatic heterocycles. The lowest BCUT2D eigenvalue weighted by atomic mass is 10.1. The quantitative estimate of drug-likeness (QED) is 0.407. The van der Waals surface area contributed by atoms with Crippen molar-refractivity contribution in [2.45, 2.75) is 19.1 Å². The number of ether oxygens (including phenoxy) is 2. The van der Waals surface area contributed by atoms with Gasteiger partial charge in [0.15, 0.2) is 0 Å². The van der Waals surface area contributed by atoms with Crippen LogP contribution in [0, 0.1) is 13.8 Å². The molecule has 0 saturated carbocycles. The van der Waals surface area contributed by atoms with Crippen molar-refractivity contribution in [1.29, 1.82) is 0 Å². The van der Waals surface area contributed by atoms with Crippen molar-refractivity contribution in [3.05, 3.63) is 47.7 Å². The van der Waals surface area contributed by atoms with Crippen LogP contribution in [0.5, 0.6) is 11.5 Å². The first-order valence-electron chi connectivity index (χ1n) is 9.55. The van der Waals surface area contributed by atoms with E-state index in [4.69, 9.17) is 13.9 Å². The number of hydrogen-bond acceptors (Lipinski definition) is 7. The van der Waals surface area contributed by atoms with Crippen LogP contribution in [0.15, 0.2) is 46.0 Å². The Kier molecular flexibility index (Phi) is 5.85. The Balaban J connectivity index is 1.41. The predicted molar refractivity (Wildman–Crippen MR) is 120 cm³/mol. The zero-order valence-electron chi connectivity index (χ0n) is 17.6. The van der Waals surface area contributed by atoms with E-state index in [0.717, 1.165) is 22.2 Å². The fourth-order valence-electron chi connectivity index (χ4n) is 3.18. The first kappa shape index (κ1) is 20.8. The van der Waals surface area contributed by atoms with Crippen LogP contribution in [-0.4, -0.2) is 41.1 Å². The second kappa shape index (κ2) is 8.73. The fourth-order valence-corrected chi connectivity index (χ4v) is 3.75. The van der Waals surface area contributed by atoms with Gasteiger partial charge in [0.05, 0.1) is 20.0 Å². The number of anilines is 1. The topological polar surface area (TPSA) is 102 Å². The van der Waals surface area contributed by atoms with E-state index in [1.54, 1.807) is 32.4 Å². The summed E-state index contributed by atoms with van der Waals surface area (Å²) in [5, 5.41) is 12.4. The number of thioether (sulfide) groups is 1. The number of nitrogens with one attached hydrogen (secondary N) is 2. The van der Waals surface area contributed by atoms with Gasteiger partial charge in [-0.2, -0.15) is 0 Å². The third-order valence-corrected chi connectivity index (χ3v) is 5.74. The summed E-state index contributed by atoms with van der Waals surface area (Å²) in [6, 6.07) is 11.1. The third kappa shape index (κ3) is 4.51. The molecule has 0 aliphatic rings. The van der Waals surface area contributed by atoms with E-state index in [1.807, 2.05) is 25.1 Å². The SMILES string of the molecule is COc1cc(NC(=O)CSc2nnc(-c3ccc4[nH]c(C)c(C)c4c3)o2)cc(OC)c1. The first-order valence-corrected chi connectivity index (χ1v) is 10.5. The molecule has 0 unspecified atom stereocenters. The number of carbonyl (C=O) groups excluding carboxylic acids is 1. The standard InChI is InChI=1S/C22H22N4O4S/c1-12-13(2)23-19-6-5-14(7-18(12)19)21-25-26-22(30-21)31-11-20(27)24-15-8-16(28-3)10-17(9-15)29-4/h5-10,23H,11H2,1-4H3,(H,24,27). The molecule has 2 N–H and O–H groups in total. The molecule has 0 fully saturated rings. The maximum Gasteiger partial charge on any atom is 0.277 e. The molecule has 4 rings (SSSR count). The second-order valence-electron chi connectivity index (χ2n) is 6.95. The van der Waals surface area contributed by atoms with Crippen molar-refractivity contribution in [2.24, 2.45) is 0 Å². The highest BCUT2D eigenvalue weighted by molar-refractivity contribution is 7.99. The number of fused-ring (bicyclic) bond motifs is 1. The number of methoxy groups -OCH3 is 2. The Morgan fingerprint density at radius 1 is 1.10 bits per heavy atom. The number of aromatic amines is 1. The smallest absolute Gasteiger partial charge is 0.277 e. The fraction of sp³-hybridized carbons (Fsp3) is 0.227. The monoisotopic (exact) mass is 438 g/mol. The summed E-state index contributed by atoms with van der Waals surface area (Å²) in [5.74, 6) is 1.51. The first-order chi connectivity index (χ1) is 15.0. The Hall–Kier alpha value is -3.46. The summed E-state index contributed by atoms with van der Waals surface area (Å²) in [7, 11) is 3.11. The summed E-state index contributed by atoms with van der Waals surface area (Å²) in [5.41, 5.74) is 4.81. The molecular weight excluding hydrogens is 416 g/mol. The molecule has 1 amide bonds. The van der Waals surface area contributed by atoms with E-state index in [0.29, 0.717) is 28.3 Å². The number of hydrogen-bond donors (Lipinski definition) is 2. The lowest BCUT2D eigenvalue weighted by molar-refractivity contribution is -0.113. The molecule has 2 aromatic heterocycles. The van der Waals surface area contributed by atoms with Crippen LogP contribution in [0.2, 0.25) is 0 Å². The minimum Gasteiger partial charge on any atom is -0.497 e. The Labute approximate surface area is 183 Å². The molecular formula is C22H22N4O4S. The summed E-state index contributed by atoms with van der Waals surface area (Å²) in [6.45, 7) is 4.12. The number of carbonyl (C=O) groups is 1. The van der Waals surface area contributed by atoms with Crippen LogP contribution in [0.25, 0.3) is 22.4 Å². The van der Waals surface area contributed by atoms with Crippen LogP contribution in [0.1, 0.15) is 11.3 Å². The molecule has 0 aliphatic carbocycles. The highest BCUT2D eigenvalue weighted by Gasteiger charge is 2.14. The highest BCUT2D eigenvalue weighted by Crippen LogP contribution is 2.29. The van der Waals surface area contributed by atoms with Gasteiger partial charge >= 0.3 is 0 Å². The van der Waals surface area contributed by atoms with Crippen molar-refractivity contribution in [3.63, 3.8) is 0 Å². The van der Waals surface area contributed by atoms with Crippen molar-refractivity contribution in [3.8, 4) is 23.0 Å². The molecule has 2 aromatic carbocycles. The van der Waals surface area contributed by atoms with Gasteiger partial charge in [0.1, 0.15) is 11.5 Å². The van der Waals surface area contributed by atoms with Crippen molar-refractivity contribution in [2.75, 3.05) is 25.3 Å². The molecule has 0 bridgehead atoms. The third-order valence-electron chi connectivity index (χ3n) is 4.92. The van der Waals surface area contributed by atoms with E-state index < -0.39 is 0 Å². The maximum atomic E-state index is 12.3. The van der Waals surface area contributed by atoms with E-state index >= 15 is 0 Å². The van der Waals surface area contributed by atoms with Crippen LogP contribution in [-0.2, 0) is 4.79 Å². The number of rotatable bonds is 7. The zero-order chi connectivity index (χ0) is 22.0. The minimum atomic E-state index is -0.208. The molecule has 8 nitrogen and oxygen atoms in total. The van der Waals surface area contributed by atoms with Gasteiger partial charge in [0.2, 0.25) is 11.8 Å². The Morgan fingerprint density at radius 2 is 1.84 bits per heavy atom. The van der Waals surface area contributed by atoms with Gasteiger partial charge in [-0.25, -0.2) is 0 Å². The normalized spacial score (nSPS) is 11.0. The molecule has 2 heterocycles. The minimum absolute atomic E-state index is 0.121. The number of H-pyrrole nitrogens is 1. The van der Waals surface area contributed by atoms with E-state index in [2.05, 4.69) is 27.4 Å². The summed E-state index contributed by atoms with van der Waals surface area (Å²) in [4.78, 5) is 15.7. The van der Waals surface area contributed by atoms with Gasteiger partial charge < -0.3 is 24.2 Å². The largest absolute Gasteiger partial charge is 0.497 e. The van der Waals surface area contributed by atoms with E-state index in [1.165, 1.54) is 17.3 Å². The molecule has 4 aromatic rings. The highest BCUT2D eigenvalue weighted by atomic mass is 32.2. The molecule has 9 heteroatoms. The van der Waals surface area contributed by atoms with Crippen molar-refractivity contribution >= 4 is 34.3 Å². The van der Waals surface area contributed by atoms with Gasteiger partial charge in [0, 0.05) is 46.0 Å². The van der Waals surface area contributed by atoms with Crippen LogP contribution < -0.4 is 14.8 Å². The van der Waals surface area contributed by atoms with E-state index in [-0.39, 0.29) is 11.7 Å². The van der Waals surface area contributed by atoms with Crippen LogP contribution >= 0.6 is 11.8 Å². The zero-order valence-corrected chi connectivity index (χ0v) is 18.4. The molecule has 31 heavy (non-hydrogen) atoms. The number of benzene rings is 2. The van der Waals surface area contributed by atoms with Gasteiger partial charge in [-0.1, -0.05) is 11.8 Å². The molecule has 0 spiro atoms. The maximum absolute atomic E-state index is 12.3. The van der Waals surface area contributed by atoms with Crippen molar-refractivity contribution < 1.29 is 18.7 Å². The number of amides is 1. The van der Waals surface area contributed by atoms with Crippen LogP contribution in [0.3, 0.4) is 0 Å². The molecule has 160 valence electrons. The number of aromatic nitrogens is 3. The lowest BCUT2D eigenvalue weighted by Crippen LogP contribution is -2.14. The Morgan fingerprint density at radius 3 is 2.55 bits per heavy atom. The molecule has 0 radical (unpaired) electrons. The molecule has 0 saturated heterocycles. The number of aryl methyl sites for hydroxylation is 2. The predicted octanol–water partition coefficient (Wildman–Crippen LogP) is 4.58. The van der Waals surface area contributed by atoms with Gasteiger partial charge in [-0.05, 0) is 37.6 Å². The van der Waals surface area contributed by atoms with Gasteiger partial charge in [-0.15, -0.1) is 10.2 Å². The van der Waals surface area contributed by atoms with Gasteiger partial charge in [-0.3, -0.25) is 4.79 Å². The van der Waals surface area contributed by atoms with Crippen LogP contribution in [0.4, 0.5) is 5.69 Å². The van der Waals surface area contributed by atoms with Gasteiger partial charge in [0.25, 0.3) is 5.22 Å². The van der Waals surface area contributed by atoms with Crippen molar-refractivity contribution in [1.82, 2.24) is 15.2 Å². The summed E-state index contributed by atoms with van der Waals surface area (Å²) in [6.07, 6.45) is 0. The second-order valence-corrected chi connectivity index (χ2v) is 7.87. The lowest BCUT2D eigenvalue weighted by Gasteiger charge is -2.09. The summed E-state index contributed by atoms with van der Waals surface area (Å²) >= 11 is 1.17. The summed E-state index contributed by atoms with van der Waals surface area (Å²) < 4.78 is 16.2. The number of nitrogens with zero attached hydrogens (tertiary/aromatic N) is 2. The Bertz CT molecular complexity index is 1230. The average Bonchev–Trinajstić information content (AvgIpc) is 3.36. The average molecular weight is 439 g/mol. The molecule has 0 atom stereocenters.